The fourth-order valence-electron chi connectivity index (χ4n) is 6.58. The summed E-state index contributed by atoms with van der Waals surface area (Å²) < 4.78 is 5.18. The van der Waals surface area contributed by atoms with Crippen molar-refractivity contribution in [3.05, 3.63) is 64.7 Å². The number of aryl methyl sites for hydroxylation is 1. The van der Waals surface area contributed by atoms with Crippen LogP contribution in [0.4, 0.5) is 0 Å². The van der Waals surface area contributed by atoms with E-state index in [1.807, 2.05) is 24.3 Å². The second-order valence-electron chi connectivity index (χ2n) is 9.70. The number of hydrogen-bond acceptors (Lipinski definition) is 3. The summed E-state index contributed by atoms with van der Waals surface area (Å²) in [4.78, 5) is 25.2. The van der Waals surface area contributed by atoms with E-state index in [1.54, 1.807) is 7.11 Å². The molecule has 0 unspecified atom stereocenters. The molecule has 2 aromatic carbocycles. The number of rotatable bonds is 4. The van der Waals surface area contributed by atoms with E-state index in [0.717, 1.165) is 49.0 Å². The van der Waals surface area contributed by atoms with E-state index in [9.17, 15) is 9.59 Å². The molecule has 2 aromatic rings. The third kappa shape index (κ3) is 3.10. The Kier molecular flexibility index (Phi) is 4.80. The Morgan fingerprint density at radius 3 is 2.63 bits per heavy atom. The molecule has 30 heavy (non-hydrogen) atoms. The minimum atomic E-state index is -0.0661. The fraction of sp³-hybridized carbons (Fsp3) is 0.481. The zero-order chi connectivity index (χ0) is 20.9. The van der Waals surface area contributed by atoms with Gasteiger partial charge >= 0.3 is 0 Å². The maximum Gasteiger partial charge on any atom is 0.167 e. The van der Waals surface area contributed by atoms with Gasteiger partial charge in [0.1, 0.15) is 11.5 Å². The minimum Gasteiger partial charge on any atom is -0.497 e. The molecule has 4 atom stereocenters. The first kappa shape index (κ1) is 19.5. The van der Waals surface area contributed by atoms with Crippen LogP contribution in [-0.2, 0) is 17.6 Å². The van der Waals surface area contributed by atoms with E-state index in [2.05, 4.69) is 25.1 Å². The smallest absolute Gasteiger partial charge is 0.167 e. The minimum absolute atomic E-state index is 0.0661. The van der Waals surface area contributed by atoms with Crippen LogP contribution in [-0.4, -0.2) is 18.7 Å². The predicted octanol–water partition coefficient (Wildman–Crippen LogP) is 5.55. The molecule has 0 saturated heterocycles. The lowest BCUT2D eigenvalue weighted by Gasteiger charge is -2.48. The van der Waals surface area contributed by atoms with Gasteiger partial charge in [0.05, 0.1) is 7.11 Å². The molecule has 5 rings (SSSR count). The lowest BCUT2D eigenvalue weighted by molar-refractivity contribution is -0.129. The van der Waals surface area contributed by atoms with Crippen LogP contribution in [0.2, 0.25) is 0 Å². The van der Waals surface area contributed by atoms with E-state index < -0.39 is 0 Å². The Morgan fingerprint density at radius 2 is 1.87 bits per heavy atom. The van der Waals surface area contributed by atoms with E-state index >= 15 is 0 Å². The van der Waals surface area contributed by atoms with Crippen molar-refractivity contribution in [3.63, 3.8) is 0 Å². The van der Waals surface area contributed by atoms with Crippen LogP contribution in [0.5, 0.6) is 5.75 Å². The average Bonchev–Trinajstić information content (AvgIpc) is 3.08. The first-order valence-electron chi connectivity index (χ1n) is 11.3. The first-order chi connectivity index (χ1) is 14.5. The van der Waals surface area contributed by atoms with Gasteiger partial charge in [0, 0.05) is 23.8 Å². The standard InChI is InChI=1S/C27H30O3/c1-27-14-13-22-21-9-3-17(16-25(28)18-4-7-20(30-2)8-5-18)15-19(21)6-10-23(22)24(27)11-12-26(27)29/h3-5,7-9,15,22-24H,6,10-14,16H2,1-2H3/t22-,23-,24+,27+/m1/s1. The normalized spacial score (nSPS) is 29.7. The number of methoxy groups -OCH3 is 1. The van der Waals surface area contributed by atoms with Crippen LogP contribution in [0.15, 0.2) is 42.5 Å². The van der Waals surface area contributed by atoms with Crippen LogP contribution < -0.4 is 4.74 Å². The van der Waals surface area contributed by atoms with Crippen molar-refractivity contribution in [1.82, 2.24) is 0 Å². The van der Waals surface area contributed by atoms with Gasteiger partial charge in [-0.3, -0.25) is 9.59 Å². The highest BCUT2D eigenvalue weighted by atomic mass is 16.5. The number of carbonyl (C=O) groups excluding carboxylic acids is 2. The number of carbonyl (C=O) groups is 2. The molecule has 0 bridgehead atoms. The van der Waals surface area contributed by atoms with Gasteiger partial charge in [-0.25, -0.2) is 0 Å². The average molecular weight is 403 g/mol. The van der Waals surface area contributed by atoms with Crippen molar-refractivity contribution in [2.75, 3.05) is 7.11 Å². The first-order valence-corrected chi connectivity index (χ1v) is 11.3. The summed E-state index contributed by atoms with van der Waals surface area (Å²) in [5.74, 6) is 3.21. The molecule has 156 valence electrons. The molecule has 0 aliphatic heterocycles. The molecule has 3 nitrogen and oxygen atoms in total. The Morgan fingerprint density at radius 1 is 1.07 bits per heavy atom. The lowest BCUT2D eigenvalue weighted by atomic mass is 9.55. The lowest BCUT2D eigenvalue weighted by Crippen LogP contribution is -2.42. The fourth-order valence-corrected chi connectivity index (χ4v) is 6.58. The molecular weight excluding hydrogens is 372 g/mol. The molecule has 0 amide bonds. The summed E-state index contributed by atoms with van der Waals surface area (Å²) in [6, 6.07) is 14.0. The maximum absolute atomic E-state index is 12.7. The highest BCUT2D eigenvalue weighted by Crippen LogP contribution is 2.59. The van der Waals surface area contributed by atoms with Gasteiger partial charge in [-0.2, -0.15) is 0 Å². The molecule has 0 heterocycles. The number of hydrogen-bond donors (Lipinski definition) is 0. The maximum atomic E-state index is 12.7. The molecule has 0 radical (unpaired) electrons. The van der Waals surface area contributed by atoms with E-state index in [-0.39, 0.29) is 11.2 Å². The molecule has 3 aliphatic carbocycles. The van der Waals surface area contributed by atoms with Gasteiger partial charge in [-0.05, 0) is 90.8 Å². The Hall–Kier alpha value is -2.42. The number of fused-ring (bicyclic) bond motifs is 5. The van der Waals surface area contributed by atoms with Crippen LogP contribution in [0.25, 0.3) is 0 Å². The zero-order valence-corrected chi connectivity index (χ0v) is 17.9. The summed E-state index contributed by atoms with van der Waals surface area (Å²) in [7, 11) is 1.63. The van der Waals surface area contributed by atoms with Crippen molar-refractivity contribution in [2.24, 2.45) is 17.3 Å². The monoisotopic (exact) mass is 402 g/mol. The Labute approximate surface area is 178 Å². The number of ether oxygens (including phenoxy) is 1. The molecular formula is C27H30O3. The van der Waals surface area contributed by atoms with Crippen LogP contribution in [0.1, 0.15) is 72.0 Å². The molecule has 0 aromatic heterocycles. The van der Waals surface area contributed by atoms with E-state index in [4.69, 9.17) is 4.74 Å². The van der Waals surface area contributed by atoms with Crippen LogP contribution in [0, 0.1) is 17.3 Å². The van der Waals surface area contributed by atoms with Gasteiger partial charge in [0.2, 0.25) is 0 Å². The molecule has 0 spiro atoms. The van der Waals surface area contributed by atoms with Crippen molar-refractivity contribution in [2.45, 2.75) is 57.8 Å². The zero-order valence-electron chi connectivity index (χ0n) is 17.9. The van der Waals surface area contributed by atoms with Crippen LogP contribution in [0.3, 0.4) is 0 Å². The molecule has 3 aliphatic rings. The van der Waals surface area contributed by atoms with Crippen molar-refractivity contribution in [1.29, 1.82) is 0 Å². The van der Waals surface area contributed by atoms with Gasteiger partial charge in [0.15, 0.2) is 5.78 Å². The Balaban J connectivity index is 1.34. The van der Waals surface area contributed by atoms with Crippen molar-refractivity contribution in [3.8, 4) is 5.75 Å². The van der Waals surface area contributed by atoms with Gasteiger partial charge < -0.3 is 4.74 Å². The quantitative estimate of drug-likeness (QED) is 0.630. The van der Waals surface area contributed by atoms with Crippen molar-refractivity contribution < 1.29 is 14.3 Å². The molecule has 2 saturated carbocycles. The van der Waals surface area contributed by atoms with Crippen LogP contribution >= 0.6 is 0 Å². The molecule has 0 N–H and O–H groups in total. The SMILES string of the molecule is COc1ccc(C(=O)Cc2ccc3c(c2)CC[C@@H]2[C@@H]3CC[C@]3(C)C(=O)CC[C@@H]23)cc1. The highest BCUT2D eigenvalue weighted by molar-refractivity contribution is 5.97. The summed E-state index contributed by atoms with van der Waals surface area (Å²) >= 11 is 0. The third-order valence-corrected chi connectivity index (χ3v) is 8.28. The number of benzene rings is 2. The summed E-state index contributed by atoms with van der Waals surface area (Å²) in [6.45, 7) is 2.23. The molecule has 2 fully saturated rings. The second-order valence-corrected chi connectivity index (χ2v) is 9.70. The van der Waals surface area contributed by atoms with Crippen molar-refractivity contribution >= 4 is 11.6 Å². The largest absolute Gasteiger partial charge is 0.497 e. The van der Waals surface area contributed by atoms with Gasteiger partial charge in [0.25, 0.3) is 0 Å². The Bertz CT molecular complexity index is 990. The number of Topliss-reactive ketones (excluding diaryl/α,β-unsaturated/α-hetero) is 2. The highest BCUT2D eigenvalue weighted by Gasteiger charge is 2.54. The summed E-state index contributed by atoms with van der Waals surface area (Å²) in [6.07, 6.45) is 6.71. The topological polar surface area (TPSA) is 43.4 Å². The van der Waals surface area contributed by atoms with Gasteiger partial charge in [-0.15, -0.1) is 0 Å². The van der Waals surface area contributed by atoms with Gasteiger partial charge in [-0.1, -0.05) is 25.1 Å². The summed E-state index contributed by atoms with van der Waals surface area (Å²) in [5.41, 5.74) is 4.66. The predicted molar refractivity (Wildman–Crippen MR) is 117 cm³/mol. The molecule has 3 heteroatoms. The third-order valence-electron chi connectivity index (χ3n) is 8.28. The van der Waals surface area contributed by atoms with E-state index in [1.165, 1.54) is 17.5 Å². The number of ketones is 2. The second kappa shape index (κ2) is 7.37. The van der Waals surface area contributed by atoms with E-state index in [0.29, 0.717) is 30.0 Å². The summed E-state index contributed by atoms with van der Waals surface area (Å²) in [5, 5.41) is 0.